The van der Waals surface area contributed by atoms with E-state index >= 15 is 0 Å². The summed E-state index contributed by atoms with van der Waals surface area (Å²) >= 11 is 0. The number of carbonyl (C=O) groups excluding carboxylic acids is 3. The summed E-state index contributed by atoms with van der Waals surface area (Å²) in [5, 5.41) is 2.30. The van der Waals surface area contributed by atoms with Gasteiger partial charge in [0.15, 0.2) is 0 Å². The Bertz CT molecular complexity index is 386. The molecule has 1 saturated heterocycles. The lowest BCUT2D eigenvalue weighted by molar-refractivity contribution is -0.153. The number of rotatable bonds is 2. The van der Waals surface area contributed by atoms with Crippen LogP contribution in [0.15, 0.2) is 0 Å². The summed E-state index contributed by atoms with van der Waals surface area (Å²) in [4.78, 5) is 37.2. The fourth-order valence-corrected chi connectivity index (χ4v) is 3.05. The molecule has 0 bridgehead atoms. The Balaban J connectivity index is 2.07. The topological polar surface area (TPSA) is 66.5 Å². The van der Waals surface area contributed by atoms with Crippen LogP contribution in [0.1, 0.15) is 46.0 Å². The quantitative estimate of drug-likeness (QED) is 0.760. The van der Waals surface area contributed by atoms with Gasteiger partial charge in [-0.2, -0.15) is 0 Å². The van der Waals surface area contributed by atoms with Gasteiger partial charge in [0, 0.05) is 5.92 Å². The molecule has 3 amide bonds. The summed E-state index contributed by atoms with van der Waals surface area (Å²) in [5.74, 6) is -0.0493. The minimum absolute atomic E-state index is 0.0102. The van der Waals surface area contributed by atoms with Crippen LogP contribution in [0, 0.1) is 11.8 Å². The molecule has 1 aliphatic carbocycles. The number of nitrogens with zero attached hydrogens (tertiary/aromatic N) is 1. The first-order valence-electron chi connectivity index (χ1n) is 7.17. The minimum Gasteiger partial charge on any atom is -0.321 e. The van der Waals surface area contributed by atoms with Gasteiger partial charge in [-0.3, -0.25) is 19.7 Å². The van der Waals surface area contributed by atoms with Gasteiger partial charge in [-0.05, 0) is 38.0 Å². The summed E-state index contributed by atoms with van der Waals surface area (Å²) in [6, 6.07) is -0.482. The number of hydrogen-bond donors (Lipinski definition) is 1. The van der Waals surface area contributed by atoms with Crippen LogP contribution in [0.3, 0.4) is 0 Å². The van der Waals surface area contributed by atoms with Gasteiger partial charge in [-0.15, -0.1) is 0 Å². The highest BCUT2D eigenvalue weighted by Gasteiger charge is 2.38. The SMILES string of the molecule is CCC1C(=O)NC(=O)CN1C(=O)C1CCC(C)CC1. The van der Waals surface area contributed by atoms with E-state index in [0.29, 0.717) is 12.3 Å². The Morgan fingerprint density at radius 1 is 1.26 bits per heavy atom. The van der Waals surface area contributed by atoms with Crippen molar-refractivity contribution >= 4 is 17.7 Å². The molecule has 106 valence electrons. The second-order valence-electron chi connectivity index (χ2n) is 5.76. The normalized spacial score (nSPS) is 32.1. The van der Waals surface area contributed by atoms with Crippen LogP contribution in [0.2, 0.25) is 0 Å². The highest BCUT2D eigenvalue weighted by molar-refractivity contribution is 6.04. The Labute approximate surface area is 113 Å². The second kappa shape index (κ2) is 5.72. The predicted molar refractivity (Wildman–Crippen MR) is 70.1 cm³/mol. The molecule has 19 heavy (non-hydrogen) atoms. The highest BCUT2D eigenvalue weighted by atomic mass is 16.2. The smallest absolute Gasteiger partial charge is 0.249 e. The van der Waals surface area contributed by atoms with Crippen molar-refractivity contribution in [2.24, 2.45) is 11.8 Å². The molecule has 1 aliphatic heterocycles. The molecule has 1 heterocycles. The molecule has 2 aliphatic rings. The van der Waals surface area contributed by atoms with Crippen molar-refractivity contribution < 1.29 is 14.4 Å². The molecule has 0 aromatic carbocycles. The van der Waals surface area contributed by atoms with E-state index in [1.54, 1.807) is 0 Å². The minimum atomic E-state index is -0.482. The molecule has 0 aromatic rings. The van der Waals surface area contributed by atoms with Gasteiger partial charge in [0.05, 0.1) is 0 Å². The van der Waals surface area contributed by atoms with E-state index in [1.807, 2.05) is 6.92 Å². The van der Waals surface area contributed by atoms with Crippen LogP contribution in [-0.2, 0) is 14.4 Å². The molecule has 0 radical (unpaired) electrons. The molecule has 5 nitrogen and oxygen atoms in total. The Morgan fingerprint density at radius 3 is 2.47 bits per heavy atom. The molecule has 1 unspecified atom stereocenters. The largest absolute Gasteiger partial charge is 0.321 e. The molecular weight excluding hydrogens is 244 g/mol. The van der Waals surface area contributed by atoms with Crippen LogP contribution in [0.5, 0.6) is 0 Å². The van der Waals surface area contributed by atoms with Gasteiger partial charge < -0.3 is 4.90 Å². The van der Waals surface area contributed by atoms with Crippen molar-refractivity contribution in [3.05, 3.63) is 0 Å². The van der Waals surface area contributed by atoms with Gasteiger partial charge in [0.1, 0.15) is 12.6 Å². The number of nitrogens with one attached hydrogen (secondary N) is 1. The zero-order chi connectivity index (χ0) is 14.0. The van der Waals surface area contributed by atoms with Gasteiger partial charge >= 0.3 is 0 Å². The molecule has 1 saturated carbocycles. The maximum absolute atomic E-state index is 12.5. The van der Waals surface area contributed by atoms with Crippen LogP contribution in [0.4, 0.5) is 0 Å². The van der Waals surface area contributed by atoms with Crippen LogP contribution < -0.4 is 5.32 Å². The van der Waals surface area contributed by atoms with Crippen molar-refractivity contribution in [1.82, 2.24) is 10.2 Å². The summed E-state index contributed by atoms with van der Waals surface area (Å²) in [6.45, 7) is 4.09. The monoisotopic (exact) mass is 266 g/mol. The van der Waals surface area contributed by atoms with Crippen LogP contribution >= 0.6 is 0 Å². The first-order valence-corrected chi connectivity index (χ1v) is 7.17. The fraction of sp³-hybridized carbons (Fsp3) is 0.786. The summed E-state index contributed by atoms with van der Waals surface area (Å²) < 4.78 is 0. The number of carbonyl (C=O) groups is 3. The van der Waals surface area contributed by atoms with E-state index in [2.05, 4.69) is 12.2 Å². The first-order chi connectivity index (χ1) is 9.02. The van der Waals surface area contributed by atoms with E-state index in [1.165, 1.54) is 4.90 Å². The molecule has 2 fully saturated rings. The van der Waals surface area contributed by atoms with Gasteiger partial charge in [0.2, 0.25) is 17.7 Å². The van der Waals surface area contributed by atoms with Gasteiger partial charge in [-0.25, -0.2) is 0 Å². The van der Waals surface area contributed by atoms with Crippen molar-refractivity contribution in [1.29, 1.82) is 0 Å². The average Bonchev–Trinajstić information content (AvgIpc) is 2.38. The molecule has 2 rings (SSSR count). The maximum atomic E-state index is 12.5. The summed E-state index contributed by atoms with van der Waals surface area (Å²) in [5.41, 5.74) is 0. The number of imide groups is 1. The number of hydrogen-bond acceptors (Lipinski definition) is 3. The van der Waals surface area contributed by atoms with E-state index in [4.69, 9.17) is 0 Å². The lowest BCUT2D eigenvalue weighted by Gasteiger charge is -2.37. The molecule has 1 atom stereocenters. The lowest BCUT2D eigenvalue weighted by atomic mass is 9.82. The second-order valence-corrected chi connectivity index (χ2v) is 5.76. The van der Waals surface area contributed by atoms with Crippen molar-refractivity contribution in [3.63, 3.8) is 0 Å². The zero-order valence-electron chi connectivity index (χ0n) is 11.6. The highest BCUT2D eigenvalue weighted by Crippen LogP contribution is 2.30. The average molecular weight is 266 g/mol. The Kier molecular flexibility index (Phi) is 4.22. The van der Waals surface area contributed by atoms with Crippen molar-refractivity contribution in [2.45, 2.75) is 52.0 Å². The Hall–Kier alpha value is -1.39. The third kappa shape index (κ3) is 2.96. The molecule has 0 spiro atoms. The van der Waals surface area contributed by atoms with Crippen molar-refractivity contribution in [2.75, 3.05) is 6.54 Å². The fourth-order valence-electron chi connectivity index (χ4n) is 3.05. The predicted octanol–water partition coefficient (Wildman–Crippen LogP) is 1.08. The standard InChI is InChI=1S/C14H22N2O3/c1-3-11-13(18)15-12(17)8-16(11)14(19)10-6-4-9(2)5-7-10/h9-11H,3-8H2,1-2H3,(H,15,17,18). The van der Waals surface area contributed by atoms with Crippen LogP contribution in [-0.4, -0.2) is 35.2 Å². The van der Waals surface area contributed by atoms with Crippen LogP contribution in [0.25, 0.3) is 0 Å². The summed E-state index contributed by atoms with van der Waals surface area (Å²) in [6.07, 6.45) is 4.42. The third-order valence-corrected chi connectivity index (χ3v) is 4.29. The molecule has 0 aromatic heterocycles. The van der Waals surface area contributed by atoms with E-state index in [9.17, 15) is 14.4 Å². The lowest BCUT2D eigenvalue weighted by Crippen LogP contribution is -2.60. The van der Waals surface area contributed by atoms with E-state index in [0.717, 1.165) is 25.7 Å². The van der Waals surface area contributed by atoms with Gasteiger partial charge in [-0.1, -0.05) is 13.8 Å². The molecular formula is C14H22N2O3. The number of piperazine rings is 1. The van der Waals surface area contributed by atoms with E-state index in [-0.39, 0.29) is 30.2 Å². The van der Waals surface area contributed by atoms with Crippen molar-refractivity contribution in [3.8, 4) is 0 Å². The third-order valence-electron chi connectivity index (χ3n) is 4.29. The summed E-state index contributed by atoms with van der Waals surface area (Å²) in [7, 11) is 0. The Morgan fingerprint density at radius 2 is 1.89 bits per heavy atom. The number of amides is 3. The zero-order valence-corrected chi connectivity index (χ0v) is 11.6. The maximum Gasteiger partial charge on any atom is 0.249 e. The first kappa shape index (κ1) is 14.0. The molecule has 1 N–H and O–H groups in total. The van der Waals surface area contributed by atoms with Gasteiger partial charge in [0.25, 0.3) is 0 Å². The van der Waals surface area contributed by atoms with E-state index < -0.39 is 6.04 Å². The molecule has 5 heteroatoms.